The topological polar surface area (TPSA) is 77.0 Å². The number of ether oxygens (including phenoxy) is 3. The molecule has 0 spiro atoms. The number of pyridine rings is 1. The average molecular weight is 560 g/mol. The van der Waals surface area contributed by atoms with E-state index in [-0.39, 0.29) is 29.9 Å². The van der Waals surface area contributed by atoms with Gasteiger partial charge in [-0.2, -0.15) is 13.2 Å². The van der Waals surface area contributed by atoms with Crippen LogP contribution in [0.3, 0.4) is 0 Å². The fraction of sp³-hybridized carbons (Fsp3) is 0.700. The maximum absolute atomic E-state index is 12.2. The number of nitrogens with one attached hydrogen (secondary N) is 2. The van der Waals surface area contributed by atoms with Crippen molar-refractivity contribution >= 4 is 29.9 Å². The van der Waals surface area contributed by atoms with E-state index in [4.69, 9.17) is 9.47 Å². The maximum atomic E-state index is 12.2. The van der Waals surface area contributed by atoms with Crippen LogP contribution in [0, 0.1) is 5.92 Å². The molecule has 1 fully saturated rings. The van der Waals surface area contributed by atoms with Crippen LogP contribution in [0.25, 0.3) is 0 Å². The molecule has 1 aromatic heterocycles. The van der Waals surface area contributed by atoms with Crippen molar-refractivity contribution < 1.29 is 27.4 Å². The molecule has 0 unspecified atom stereocenters. The van der Waals surface area contributed by atoms with E-state index in [0.717, 1.165) is 51.2 Å². The lowest BCUT2D eigenvalue weighted by Crippen LogP contribution is -2.38. The monoisotopic (exact) mass is 560 g/mol. The molecule has 0 bridgehead atoms. The van der Waals surface area contributed by atoms with E-state index in [1.54, 1.807) is 6.07 Å². The highest BCUT2D eigenvalue weighted by atomic mass is 127. The Morgan fingerprint density at radius 2 is 2.03 bits per heavy atom. The molecule has 2 N–H and O–H groups in total. The zero-order chi connectivity index (χ0) is 21.7. The zero-order valence-corrected chi connectivity index (χ0v) is 20.1. The summed E-state index contributed by atoms with van der Waals surface area (Å²) in [6.45, 7) is 5.54. The van der Waals surface area contributed by atoms with Gasteiger partial charge >= 0.3 is 6.18 Å². The van der Waals surface area contributed by atoms with Crippen LogP contribution in [-0.2, 0) is 16.0 Å². The molecule has 0 radical (unpaired) electrons. The van der Waals surface area contributed by atoms with Crippen LogP contribution in [-0.4, -0.2) is 63.2 Å². The second kappa shape index (κ2) is 15.5. The molecular formula is C20H32F3IN4O3. The van der Waals surface area contributed by atoms with Crippen LogP contribution in [0.4, 0.5) is 13.2 Å². The van der Waals surface area contributed by atoms with Gasteiger partial charge in [0.15, 0.2) is 12.6 Å². The minimum Gasteiger partial charge on any atom is -0.468 e. The van der Waals surface area contributed by atoms with Crippen molar-refractivity contribution in [2.45, 2.75) is 38.9 Å². The van der Waals surface area contributed by atoms with Gasteiger partial charge in [0.25, 0.3) is 0 Å². The first-order valence-electron chi connectivity index (χ1n) is 10.3. The maximum Gasteiger partial charge on any atom is 0.422 e. The summed E-state index contributed by atoms with van der Waals surface area (Å²) in [5.41, 5.74) is 0.770. The number of guanidine groups is 1. The Kier molecular flexibility index (Phi) is 13.8. The molecule has 2 heterocycles. The Balaban J connectivity index is 0.00000480. The molecule has 0 amide bonds. The van der Waals surface area contributed by atoms with E-state index in [9.17, 15) is 13.2 Å². The predicted octanol–water partition coefficient (Wildman–Crippen LogP) is 3.53. The van der Waals surface area contributed by atoms with Gasteiger partial charge < -0.3 is 24.8 Å². The van der Waals surface area contributed by atoms with E-state index in [1.807, 2.05) is 6.92 Å². The van der Waals surface area contributed by atoms with Gasteiger partial charge in [0, 0.05) is 51.8 Å². The molecule has 2 rings (SSSR count). The first kappa shape index (κ1) is 27.7. The van der Waals surface area contributed by atoms with E-state index >= 15 is 0 Å². The van der Waals surface area contributed by atoms with Crippen LogP contribution < -0.4 is 15.4 Å². The second-order valence-electron chi connectivity index (χ2n) is 7.01. The van der Waals surface area contributed by atoms with Crippen molar-refractivity contribution in [2.24, 2.45) is 10.9 Å². The Morgan fingerprint density at radius 3 is 2.68 bits per heavy atom. The average Bonchev–Trinajstić information content (AvgIpc) is 2.74. The number of hydrogen-bond acceptors (Lipinski definition) is 5. The third-order valence-electron chi connectivity index (χ3n) is 4.40. The highest BCUT2D eigenvalue weighted by Gasteiger charge is 2.28. The van der Waals surface area contributed by atoms with Crippen LogP contribution >= 0.6 is 24.0 Å². The van der Waals surface area contributed by atoms with Crippen LogP contribution in [0.5, 0.6) is 5.88 Å². The van der Waals surface area contributed by atoms with Gasteiger partial charge in [-0.05, 0) is 37.7 Å². The molecule has 1 aliphatic heterocycles. The van der Waals surface area contributed by atoms with Crippen LogP contribution in [0.1, 0.15) is 31.7 Å². The summed E-state index contributed by atoms with van der Waals surface area (Å²) in [6.07, 6.45) is 0.0792. The summed E-state index contributed by atoms with van der Waals surface area (Å²) in [6, 6.07) is 3.06. The second-order valence-corrected chi connectivity index (χ2v) is 7.01. The molecule has 31 heavy (non-hydrogen) atoms. The summed E-state index contributed by atoms with van der Waals surface area (Å²) in [5, 5.41) is 6.40. The molecule has 1 saturated heterocycles. The predicted molar refractivity (Wildman–Crippen MR) is 123 cm³/mol. The number of aliphatic imine (C=N–C) groups is 1. The smallest absolute Gasteiger partial charge is 0.422 e. The number of rotatable bonds is 11. The third kappa shape index (κ3) is 13.0. The summed E-state index contributed by atoms with van der Waals surface area (Å²) in [5.74, 6) is 1.20. The lowest BCUT2D eigenvalue weighted by molar-refractivity contribution is -0.154. The van der Waals surface area contributed by atoms with Gasteiger partial charge in [-0.1, -0.05) is 6.07 Å². The SMILES string of the molecule is CCNC(=NCc1ccc(OCC(F)(F)F)nc1)NCCCOCC1CCOCC1.I. The zero-order valence-electron chi connectivity index (χ0n) is 17.7. The number of nitrogens with zero attached hydrogens (tertiary/aromatic N) is 2. The molecule has 0 aromatic carbocycles. The van der Waals surface area contributed by atoms with E-state index < -0.39 is 12.8 Å². The fourth-order valence-corrected chi connectivity index (χ4v) is 2.80. The van der Waals surface area contributed by atoms with E-state index in [1.165, 1.54) is 12.3 Å². The van der Waals surface area contributed by atoms with Crippen molar-refractivity contribution in [1.82, 2.24) is 15.6 Å². The van der Waals surface area contributed by atoms with Gasteiger partial charge in [-0.3, -0.25) is 0 Å². The molecule has 1 aromatic rings. The van der Waals surface area contributed by atoms with Gasteiger partial charge in [0.2, 0.25) is 5.88 Å². The molecule has 0 aliphatic carbocycles. The summed E-state index contributed by atoms with van der Waals surface area (Å²) in [7, 11) is 0. The quantitative estimate of drug-likeness (QED) is 0.187. The van der Waals surface area contributed by atoms with Gasteiger partial charge in [-0.15, -0.1) is 24.0 Å². The lowest BCUT2D eigenvalue weighted by atomic mass is 10.0. The normalized spacial score (nSPS) is 15.3. The number of halogens is 4. The third-order valence-corrected chi connectivity index (χ3v) is 4.40. The lowest BCUT2D eigenvalue weighted by Gasteiger charge is -2.21. The van der Waals surface area contributed by atoms with Gasteiger partial charge in [0.1, 0.15) is 0 Å². The number of aromatic nitrogens is 1. The summed E-state index contributed by atoms with van der Waals surface area (Å²) < 4.78 is 52.2. The van der Waals surface area contributed by atoms with Crippen molar-refractivity contribution in [1.29, 1.82) is 0 Å². The largest absolute Gasteiger partial charge is 0.468 e. The molecule has 7 nitrogen and oxygen atoms in total. The first-order valence-corrected chi connectivity index (χ1v) is 10.3. The van der Waals surface area contributed by atoms with Gasteiger partial charge in [-0.25, -0.2) is 9.98 Å². The van der Waals surface area contributed by atoms with Crippen molar-refractivity contribution in [2.75, 3.05) is 46.1 Å². The highest BCUT2D eigenvalue weighted by Crippen LogP contribution is 2.17. The Morgan fingerprint density at radius 1 is 1.26 bits per heavy atom. The van der Waals surface area contributed by atoms with Crippen LogP contribution in [0.15, 0.2) is 23.3 Å². The Hall–Kier alpha value is -1.34. The van der Waals surface area contributed by atoms with Crippen molar-refractivity contribution in [3.63, 3.8) is 0 Å². The standard InChI is InChI=1S/C20H31F3N4O3.HI/c1-2-24-19(25-8-3-9-29-14-16-6-10-28-11-7-16)27-13-17-4-5-18(26-12-17)30-15-20(21,22)23;/h4-5,12,16H,2-3,6-11,13-15H2,1H3,(H2,24,25,27);1H. The van der Waals surface area contributed by atoms with E-state index in [2.05, 4.69) is 25.3 Å². The Labute approximate surface area is 198 Å². The molecule has 0 saturated carbocycles. The summed E-state index contributed by atoms with van der Waals surface area (Å²) in [4.78, 5) is 8.35. The highest BCUT2D eigenvalue weighted by molar-refractivity contribution is 14.0. The number of hydrogen-bond donors (Lipinski definition) is 2. The van der Waals surface area contributed by atoms with Gasteiger partial charge in [0.05, 0.1) is 6.54 Å². The minimum absolute atomic E-state index is 0. The van der Waals surface area contributed by atoms with E-state index in [0.29, 0.717) is 31.6 Å². The molecular weight excluding hydrogens is 528 g/mol. The number of alkyl halides is 3. The minimum atomic E-state index is -4.38. The molecule has 11 heteroatoms. The first-order chi connectivity index (χ1) is 14.5. The van der Waals surface area contributed by atoms with Crippen molar-refractivity contribution in [3.05, 3.63) is 23.9 Å². The van der Waals surface area contributed by atoms with Crippen LogP contribution in [0.2, 0.25) is 0 Å². The fourth-order valence-electron chi connectivity index (χ4n) is 2.80. The molecule has 0 atom stereocenters. The molecule has 1 aliphatic rings. The summed E-state index contributed by atoms with van der Waals surface area (Å²) >= 11 is 0. The molecule has 178 valence electrons. The van der Waals surface area contributed by atoms with Crippen molar-refractivity contribution in [3.8, 4) is 5.88 Å². The Bertz CT molecular complexity index is 627.